The number of carbonyl (C=O) groups is 1. The molecule has 10 rings (SSSR count). The van der Waals surface area contributed by atoms with Crippen molar-refractivity contribution in [3.63, 3.8) is 0 Å². The third kappa shape index (κ3) is 5.52. The topological polar surface area (TPSA) is 101 Å². The van der Waals surface area contributed by atoms with E-state index < -0.39 is 0 Å². The number of fused-ring (bicyclic) bond motifs is 2. The second kappa shape index (κ2) is 14.0. The minimum absolute atomic E-state index is 0.0123. The maximum Gasteiger partial charge on any atom is 0.261 e. The molecule has 3 heterocycles. The first-order valence-electron chi connectivity index (χ1n) is 20.8. The Morgan fingerprint density at radius 2 is 1.23 bits per heavy atom. The van der Waals surface area contributed by atoms with Crippen molar-refractivity contribution in [3.05, 3.63) is 85.6 Å². The summed E-state index contributed by atoms with van der Waals surface area (Å²) in [4.78, 5) is 52.6. The summed E-state index contributed by atoms with van der Waals surface area (Å²) in [6.07, 6.45) is 16.2. The lowest BCUT2D eigenvalue weighted by atomic mass is 9.82. The highest BCUT2D eigenvalue weighted by molar-refractivity contribution is 6.41. The number of hydrogen-bond acceptors (Lipinski definition) is 6. The van der Waals surface area contributed by atoms with Gasteiger partial charge >= 0.3 is 0 Å². The lowest BCUT2D eigenvalue weighted by molar-refractivity contribution is -0.128. The van der Waals surface area contributed by atoms with E-state index >= 15 is 0 Å². The van der Waals surface area contributed by atoms with Crippen molar-refractivity contribution < 1.29 is 4.79 Å². The van der Waals surface area contributed by atoms with E-state index in [9.17, 15) is 14.4 Å². The van der Waals surface area contributed by atoms with Crippen molar-refractivity contribution in [2.24, 2.45) is 9.98 Å². The zero-order chi connectivity index (χ0) is 38.9. The van der Waals surface area contributed by atoms with Crippen LogP contribution >= 0.6 is 0 Å². The predicted octanol–water partition coefficient (Wildman–Crippen LogP) is 7.53. The van der Waals surface area contributed by atoms with Crippen LogP contribution in [0.2, 0.25) is 0 Å². The van der Waals surface area contributed by atoms with Crippen molar-refractivity contribution in [1.82, 2.24) is 19.4 Å². The van der Waals surface area contributed by atoms with E-state index in [1.54, 1.807) is 22.7 Å². The molecule has 2 aromatic heterocycles. The van der Waals surface area contributed by atoms with Crippen molar-refractivity contribution in [3.8, 4) is 0 Å². The maximum absolute atomic E-state index is 14.4. The van der Waals surface area contributed by atoms with E-state index in [2.05, 4.69) is 40.2 Å². The lowest BCUT2D eigenvalue weighted by Gasteiger charge is -2.28. The van der Waals surface area contributed by atoms with E-state index in [4.69, 9.17) is 23.1 Å². The normalized spacial score (nSPS) is 20.3. The quantitative estimate of drug-likeness (QED) is 0.149. The summed E-state index contributed by atoms with van der Waals surface area (Å²) in [6.45, 7) is 13.2. The van der Waals surface area contributed by atoms with Gasteiger partial charge in [-0.25, -0.2) is 4.99 Å². The largest absolute Gasteiger partial charge is 0.374 e. The maximum atomic E-state index is 14.4. The molecule has 1 amide bonds. The molecule has 7 aromatic rings. The van der Waals surface area contributed by atoms with Crippen LogP contribution in [0.4, 0.5) is 0 Å². The molecule has 0 atom stereocenters. The Hall–Kier alpha value is -5.83. The molecule has 0 bridgehead atoms. The summed E-state index contributed by atoms with van der Waals surface area (Å²) in [5.41, 5.74) is 1.38. The summed E-state index contributed by atoms with van der Waals surface area (Å²) in [5.74, 6) is 0.0123. The summed E-state index contributed by atoms with van der Waals surface area (Å²) in [5, 5.41) is 16.5. The molecule has 2 saturated carbocycles. The van der Waals surface area contributed by atoms with Gasteiger partial charge in [-0.1, -0.05) is 75.9 Å². The number of benzene rings is 5. The van der Waals surface area contributed by atoms with Gasteiger partial charge in [0.2, 0.25) is 5.91 Å². The molecular formula is C48H48N6O3. The fourth-order valence-corrected chi connectivity index (χ4v) is 10.7. The van der Waals surface area contributed by atoms with Crippen LogP contribution in [0.3, 0.4) is 0 Å². The average Bonchev–Trinajstić information content (AvgIpc) is 3.22. The number of nitrogens with one attached hydrogen (secondary N) is 1. The van der Waals surface area contributed by atoms with Crippen molar-refractivity contribution in [2.45, 2.75) is 83.2 Å². The first-order chi connectivity index (χ1) is 27.8. The van der Waals surface area contributed by atoms with Crippen LogP contribution in [0, 0.1) is 0 Å². The Bertz CT molecular complexity index is 3050. The zero-order valence-corrected chi connectivity index (χ0v) is 32.7. The lowest BCUT2D eigenvalue weighted by Crippen LogP contribution is -2.37. The highest BCUT2D eigenvalue weighted by Gasteiger charge is 2.27. The summed E-state index contributed by atoms with van der Waals surface area (Å²) in [6, 6.07) is 15.0. The average molecular weight is 757 g/mol. The molecule has 0 unspecified atom stereocenters. The van der Waals surface area contributed by atoms with Gasteiger partial charge < -0.3 is 14.8 Å². The summed E-state index contributed by atoms with van der Waals surface area (Å²) >= 11 is 0. The van der Waals surface area contributed by atoms with Crippen LogP contribution in [0.1, 0.15) is 88.8 Å². The fraction of sp³-hybridized carbons (Fsp3) is 0.354. The van der Waals surface area contributed by atoms with Crippen LogP contribution < -0.4 is 27.1 Å². The number of allylic oxidation sites excluding steroid dienone is 1. The van der Waals surface area contributed by atoms with Gasteiger partial charge in [0.15, 0.2) is 0 Å². The molecular weight excluding hydrogens is 709 g/mol. The van der Waals surface area contributed by atoms with Gasteiger partial charge in [0.05, 0.1) is 12.9 Å². The third-order valence-corrected chi connectivity index (χ3v) is 13.4. The smallest absolute Gasteiger partial charge is 0.261 e. The molecule has 1 aliphatic heterocycles. The Labute approximate surface area is 330 Å². The zero-order valence-electron chi connectivity index (χ0n) is 32.7. The molecule has 0 saturated heterocycles. The predicted molar refractivity (Wildman–Crippen MR) is 237 cm³/mol. The van der Waals surface area contributed by atoms with Gasteiger partial charge in [0, 0.05) is 99.6 Å². The van der Waals surface area contributed by atoms with Crippen molar-refractivity contribution >= 4 is 102 Å². The number of amides is 1. The van der Waals surface area contributed by atoms with Gasteiger partial charge in [0.25, 0.3) is 11.1 Å². The Balaban J connectivity index is 1.33. The summed E-state index contributed by atoms with van der Waals surface area (Å²) < 4.78 is 3.95. The van der Waals surface area contributed by atoms with Gasteiger partial charge in [0.1, 0.15) is 0 Å². The molecule has 2 fully saturated rings. The summed E-state index contributed by atoms with van der Waals surface area (Å²) in [7, 11) is 0. The van der Waals surface area contributed by atoms with Gasteiger partial charge in [-0.05, 0) is 81.8 Å². The fourth-order valence-electron chi connectivity index (χ4n) is 10.7. The number of carbonyl (C=O) groups excluding carboxylic acids is 1. The minimum Gasteiger partial charge on any atom is -0.374 e. The van der Waals surface area contributed by atoms with Gasteiger partial charge in [-0.15, -0.1) is 0 Å². The van der Waals surface area contributed by atoms with E-state index in [1.807, 2.05) is 24.5 Å². The first-order valence-corrected chi connectivity index (χ1v) is 20.8. The Morgan fingerprint density at radius 1 is 0.667 bits per heavy atom. The molecule has 1 N–H and O–H groups in total. The number of aromatic nitrogens is 2. The minimum atomic E-state index is -0.189. The highest BCUT2D eigenvalue weighted by atomic mass is 16.2. The third-order valence-electron chi connectivity index (χ3n) is 13.4. The highest BCUT2D eigenvalue weighted by Crippen LogP contribution is 2.46. The molecule has 0 spiro atoms. The number of hydrogen-bond donors (Lipinski definition) is 1. The SMILES string of the molecule is C=c1c2ccc3c4ccc5c(=O)n(C6CCCCC6)c(=O)c6ccc(c7c(C8=C/N=C/NCCN(C(C)=O)CC/N=C\8)cc(c(=C)n1C1CCCCC1)c2c37)c4c56. The van der Waals surface area contributed by atoms with Crippen LogP contribution in [0.5, 0.6) is 0 Å². The molecule has 9 heteroatoms. The number of nitrogens with zero attached hydrogens (tertiary/aromatic N) is 5. The van der Waals surface area contributed by atoms with E-state index in [1.165, 1.54) is 19.3 Å². The number of pyridine rings is 2. The standard InChI is InChI=1S/C48H48N6O3/c1-28-34-14-15-36-35-16-18-38-45-39(48(57)54(47(38)56)33-12-8-5-9-13-33)19-17-37(43(35)45)44-41(31-25-49-20-22-52(30(3)55)23-21-50-27-51-26-31)24-40(42(34)46(36)44)29(2)53(28)32-10-6-4-7-11-32/h14-19,24-27,32-33H,1-2,4-13,20-23H2,3H3,(H,50,51)/b31-26+,49-25-. The van der Waals surface area contributed by atoms with Crippen molar-refractivity contribution in [2.75, 3.05) is 26.2 Å². The molecule has 2 aliphatic carbocycles. The van der Waals surface area contributed by atoms with Crippen LogP contribution in [-0.4, -0.2) is 58.7 Å². The molecule has 9 nitrogen and oxygen atoms in total. The van der Waals surface area contributed by atoms with Crippen LogP contribution in [0.25, 0.3) is 83.4 Å². The molecule has 0 radical (unpaired) electrons. The van der Waals surface area contributed by atoms with Gasteiger partial charge in [-0.2, -0.15) is 0 Å². The Morgan fingerprint density at radius 3 is 1.91 bits per heavy atom. The van der Waals surface area contributed by atoms with E-state index in [0.29, 0.717) is 43.0 Å². The number of rotatable bonds is 3. The second-order valence-corrected chi connectivity index (χ2v) is 16.5. The van der Waals surface area contributed by atoms with Gasteiger partial charge in [-0.3, -0.25) is 23.9 Å². The van der Waals surface area contributed by atoms with Crippen molar-refractivity contribution in [1.29, 1.82) is 0 Å². The van der Waals surface area contributed by atoms with E-state index in [-0.39, 0.29) is 23.1 Å². The first kappa shape index (κ1) is 35.6. The van der Waals surface area contributed by atoms with Crippen LogP contribution in [-0.2, 0) is 4.79 Å². The van der Waals surface area contributed by atoms with Crippen LogP contribution in [0.15, 0.2) is 68.2 Å². The van der Waals surface area contributed by atoms with E-state index in [0.717, 1.165) is 121 Å². The molecule has 5 aromatic carbocycles. The Kier molecular flexibility index (Phi) is 8.72. The second-order valence-electron chi connectivity index (χ2n) is 16.5. The molecule has 288 valence electrons. The monoisotopic (exact) mass is 756 g/mol. The molecule has 57 heavy (non-hydrogen) atoms. The number of aliphatic imine (C=N–C) groups is 2. The molecule has 3 aliphatic rings.